The number of nitrogens with two attached hydrogens (primary N) is 1. The van der Waals surface area contributed by atoms with Crippen LogP contribution in [-0.4, -0.2) is 11.0 Å². The molecule has 3 heteroatoms. The first-order valence-electron chi connectivity index (χ1n) is 5.28. The molecule has 0 radical (unpaired) electrons. The summed E-state index contributed by atoms with van der Waals surface area (Å²) >= 11 is 3.43. The summed E-state index contributed by atoms with van der Waals surface area (Å²) in [6.45, 7) is 0. The second kappa shape index (κ2) is 4.90. The molecule has 1 aromatic rings. The van der Waals surface area contributed by atoms with Gasteiger partial charge in [-0.25, -0.2) is 0 Å². The maximum atomic E-state index is 5.91. The van der Waals surface area contributed by atoms with Gasteiger partial charge in [-0.1, -0.05) is 11.6 Å². The van der Waals surface area contributed by atoms with Crippen molar-refractivity contribution < 1.29 is 0 Å². The number of hydrogen-bond donors (Lipinski definition) is 1. The first kappa shape index (κ1) is 10.8. The fraction of sp³-hybridized carbons (Fsp3) is 0.417. The highest BCUT2D eigenvalue weighted by Gasteiger charge is 2.10. The summed E-state index contributed by atoms with van der Waals surface area (Å²) in [6.07, 6.45) is 10.5. The summed E-state index contributed by atoms with van der Waals surface area (Å²) in [5.41, 5.74) is 8.61. The first-order valence-corrected chi connectivity index (χ1v) is 6.08. The number of pyridine rings is 1. The van der Waals surface area contributed by atoms with Crippen LogP contribution in [0, 0.1) is 0 Å². The molecule has 15 heavy (non-hydrogen) atoms. The van der Waals surface area contributed by atoms with E-state index in [4.69, 9.17) is 5.73 Å². The van der Waals surface area contributed by atoms with Crippen molar-refractivity contribution in [1.29, 1.82) is 0 Å². The number of allylic oxidation sites excluding steroid dienone is 1. The molecule has 0 spiro atoms. The number of rotatable bonds is 2. The van der Waals surface area contributed by atoms with Crippen molar-refractivity contribution in [2.45, 2.75) is 31.7 Å². The summed E-state index contributed by atoms with van der Waals surface area (Å²) in [6, 6.07) is 2.38. The third kappa shape index (κ3) is 3.14. The number of nitrogens with zero attached hydrogens (tertiary/aromatic N) is 1. The molecule has 1 unspecified atom stereocenters. The Bertz CT molecular complexity index is 374. The maximum Gasteiger partial charge on any atom is 0.0410 e. The molecule has 0 aromatic carbocycles. The molecule has 0 amide bonds. The van der Waals surface area contributed by atoms with E-state index in [0.29, 0.717) is 0 Å². The zero-order chi connectivity index (χ0) is 10.7. The zero-order valence-corrected chi connectivity index (χ0v) is 10.2. The Hall–Kier alpha value is -0.670. The average molecular weight is 267 g/mol. The Kier molecular flexibility index (Phi) is 3.54. The summed E-state index contributed by atoms with van der Waals surface area (Å²) in [7, 11) is 0. The van der Waals surface area contributed by atoms with Crippen LogP contribution >= 0.6 is 15.9 Å². The van der Waals surface area contributed by atoms with E-state index in [1.54, 1.807) is 0 Å². The van der Waals surface area contributed by atoms with Crippen molar-refractivity contribution in [3.63, 3.8) is 0 Å². The van der Waals surface area contributed by atoms with Crippen LogP contribution < -0.4 is 5.73 Å². The molecule has 0 aliphatic heterocycles. The molecule has 1 aromatic heterocycles. The summed E-state index contributed by atoms with van der Waals surface area (Å²) < 4.78 is 1.04. The van der Waals surface area contributed by atoms with Gasteiger partial charge in [-0.15, -0.1) is 0 Å². The third-order valence-corrected chi connectivity index (χ3v) is 3.11. The van der Waals surface area contributed by atoms with Gasteiger partial charge in [-0.2, -0.15) is 0 Å². The molecule has 2 N–H and O–H groups in total. The summed E-state index contributed by atoms with van der Waals surface area (Å²) in [5, 5.41) is 0. The van der Waals surface area contributed by atoms with Gasteiger partial charge in [0.15, 0.2) is 0 Å². The summed E-state index contributed by atoms with van der Waals surface area (Å²) in [4.78, 5) is 4.16. The minimum atomic E-state index is 0.258. The lowest BCUT2D eigenvalue weighted by molar-refractivity contribution is 0.617. The van der Waals surface area contributed by atoms with Crippen molar-refractivity contribution in [2.75, 3.05) is 0 Å². The second-order valence-corrected chi connectivity index (χ2v) is 4.98. The predicted octanol–water partition coefficient (Wildman–Crippen LogP) is 2.82. The third-order valence-electron chi connectivity index (χ3n) is 2.68. The molecule has 0 fully saturated rings. The van der Waals surface area contributed by atoms with Gasteiger partial charge in [-0.05, 0) is 53.2 Å². The van der Waals surface area contributed by atoms with Gasteiger partial charge < -0.3 is 5.73 Å². The molecule has 2 nitrogen and oxygen atoms in total. The number of hydrogen-bond acceptors (Lipinski definition) is 2. The van der Waals surface area contributed by atoms with Crippen molar-refractivity contribution in [3.8, 4) is 0 Å². The molecule has 0 saturated carbocycles. The molecule has 2 rings (SSSR count). The minimum Gasteiger partial charge on any atom is -0.324 e. The largest absolute Gasteiger partial charge is 0.324 e. The summed E-state index contributed by atoms with van der Waals surface area (Å²) in [5.74, 6) is 0. The van der Waals surface area contributed by atoms with E-state index >= 15 is 0 Å². The Morgan fingerprint density at radius 1 is 1.47 bits per heavy atom. The lowest BCUT2D eigenvalue weighted by Gasteiger charge is -2.17. The Morgan fingerprint density at radius 3 is 3.07 bits per heavy atom. The van der Waals surface area contributed by atoms with Crippen LogP contribution in [0.2, 0.25) is 0 Å². The molecule has 1 heterocycles. The fourth-order valence-electron chi connectivity index (χ4n) is 2.00. The first-order chi connectivity index (χ1) is 7.24. The van der Waals surface area contributed by atoms with E-state index in [2.05, 4.69) is 33.1 Å². The van der Waals surface area contributed by atoms with Crippen molar-refractivity contribution >= 4 is 15.9 Å². The minimum absolute atomic E-state index is 0.258. The van der Waals surface area contributed by atoms with Crippen LogP contribution in [0.15, 0.2) is 34.6 Å². The van der Waals surface area contributed by atoms with Gasteiger partial charge in [0.25, 0.3) is 0 Å². The van der Waals surface area contributed by atoms with Gasteiger partial charge in [0.05, 0.1) is 0 Å². The number of aromatic nitrogens is 1. The van der Waals surface area contributed by atoms with Crippen molar-refractivity contribution in [2.24, 2.45) is 5.73 Å². The quantitative estimate of drug-likeness (QED) is 0.837. The molecular formula is C12H15BrN2. The Labute approximate surface area is 98.7 Å². The van der Waals surface area contributed by atoms with E-state index < -0.39 is 0 Å². The van der Waals surface area contributed by atoms with Crippen LogP contribution in [0.25, 0.3) is 0 Å². The van der Waals surface area contributed by atoms with E-state index in [0.717, 1.165) is 17.3 Å². The fourth-order valence-corrected chi connectivity index (χ4v) is 2.41. The molecule has 0 bridgehead atoms. The molecule has 1 aliphatic rings. The van der Waals surface area contributed by atoms with Crippen LogP contribution in [-0.2, 0) is 6.42 Å². The standard InChI is InChI=1S/C12H15BrN2/c13-11-5-10(7-15-8-11)4-9-2-1-3-12(14)6-9/h5-8,12H,1-4,14H2. The van der Waals surface area contributed by atoms with E-state index in [-0.39, 0.29) is 6.04 Å². The normalized spacial score (nSPS) is 21.2. The highest BCUT2D eigenvalue weighted by Crippen LogP contribution is 2.21. The highest BCUT2D eigenvalue weighted by molar-refractivity contribution is 9.10. The molecule has 1 aliphatic carbocycles. The lowest BCUT2D eigenvalue weighted by Crippen LogP contribution is -2.20. The van der Waals surface area contributed by atoms with E-state index in [9.17, 15) is 0 Å². The number of halogens is 1. The SMILES string of the molecule is NC1C=C(Cc2cncc(Br)c2)CCC1. The van der Waals surface area contributed by atoms with Gasteiger partial charge >= 0.3 is 0 Å². The maximum absolute atomic E-state index is 5.91. The monoisotopic (exact) mass is 266 g/mol. The second-order valence-electron chi connectivity index (χ2n) is 4.07. The lowest BCUT2D eigenvalue weighted by atomic mass is 9.92. The molecule has 0 saturated heterocycles. The van der Waals surface area contributed by atoms with Crippen LogP contribution in [0.5, 0.6) is 0 Å². The smallest absolute Gasteiger partial charge is 0.0410 e. The zero-order valence-electron chi connectivity index (χ0n) is 8.62. The van der Waals surface area contributed by atoms with Crippen molar-refractivity contribution in [1.82, 2.24) is 4.98 Å². The van der Waals surface area contributed by atoms with E-state index in [1.165, 1.54) is 24.0 Å². The Balaban J connectivity index is 2.08. The molecule has 1 atom stereocenters. The van der Waals surface area contributed by atoms with Gasteiger partial charge in [0.2, 0.25) is 0 Å². The highest BCUT2D eigenvalue weighted by atomic mass is 79.9. The van der Waals surface area contributed by atoms with Crippen molar-refractivity contribution in [3.05, 3.63) is 40.1 Å². The van der Waals surface area contributed by atoms with Crippen LogP contribution in [0.1, 0.15) is 24.8 Å². The van der Waals surface area contributed by atoms with Gasteiger partial charge in [-0.3, -0.25) is 4.98 Å². The molecular weight excluding hydrogens is 252 g/mol. The van der Waals surface area contributed by atoms with Gasteiger partial charge in [0, 0.05) is 22.9 Å². The van der Waals surface area contributed by atoms with E-state index in [1.807, 2.05) is 12.4 Å². The van der Waals surface area contributed by atoms with Crippen LogP contribution in [0.3, 0.4) is 0 Å². The van der Waals surface area contributed by atoms with Gasteiger partial charge in [0.1, 0.15) is 0 Å². The van der Waals surface area contributed by atoms with Crippen LogP contribution in [0.4, 0.5) is 0 Å². The predicted molar refractivity (Wildman–Crippen MR) is 65.6 cm³/mol. The average Bonchev–Trinajstić information content (AvgIpc) is 2.17. The topological polar surface area (TPSA) is 38.9 Å². The molecule has 80 valence electrons. The Morgan fingerprint density at radius 2 is 2.33 bits per heavy atom.